The SMILES string of the molecule is Cn1cc(-c2ccc([C@@]3(CC(C)(C)C)NC(=N)N([C@H](COC(=O)NC4(C(F)(F)F)CC4)c4ccc(Cl)c(-n5ncnc5C(F)F)c4)C3=O)c(F)c2)cn1. The van der Waals surface area contributed by atoms with Gasteiger partial charge in [0.1, 0.15) is 29.8 Å². The quantitative estimate of drug-likeness (QED) is 0.148. The highest BCUT2D eigenvalue weighted by Gasteiger charge is 2.65. The van der Waals surface area contributed by atoms with E-state index in [0.29, 0.717) is 11.1 Å². The van der Waals surface area contributed by atoms with E-state index in [9.17, 15) is 31.5 Å². The molecule has 2 fully saturated rings. The highest BCUT2D eigenvalue weighted by atomic mass is 35.5. The lowest BCUT2D eigenvalue weighted by molar-refractivity contribution is -0.164. The summed E-state index contributed by atoms with van der Waals surface area (Å²) in [4.78, 5) is 32.2. The lowest BCUT2D eigenvalue weighted by atomic mass is 9.75. The van der Waals surface area contributed by atoms with Crippen LogP contribution in [0.5, 0.6) is 0 Å². The topological polar surface area (TPSA) is 143 Å². The van der Waals surface area contributed by atoms with Crippen LogP contribution >= 0.6 is 11.6 Å². The third kappa shape index (κ3) is 7.15. The van der Waals surface area contributed by atoms with Crippen LogP contribution in [-0.4, -0.2) is 65.7 Å². The van der Waals surface area contributed by atoms with Crippen molar-refractivity contribution < 1.29 is 40.7 Å². The Labute approximate surface area is 304 Å². The Kier molecular flexibility index (Phi) is 9.49. The molecule has 1 saturated carbocycles. The molecular formula is C34H34ClF6N9O3. The van der Waals surface area contributed by atoms with Gasteiger partial charge in [-0.1, -0.05) is 50.6 Å². The van der Waals surface area contributed by atoms with Crippen molar-refractivity contribution in [1.29, 1.82) is 5.41 Å². The van der Waals surface area contributed by atoms with Gasteiger partial charge in [-0.25, -0.2) is 27.6 Å². The maximum Gasteiger partial charge on any atom is 0.411 e. The zero-order chi connectivity index (χ0) is 38.7. The number of halogens is 7. The summed E-state index contributed by atoms with van der Waals surface area (Å²) in [7, 11) is 1.70. The van der Waals surface area contributed by atoms with Crippen molar-refractivity contribution in [1.82, 2.24) is 40.1 Å². The molecular weight excluding hydrogens is 732 g/mol. The molecule has 6 rings (SSSR count). The molecule has 2 aliphatic rings. The number of alkyl carbamates (subject to hydrolysis) is 1. The minimum Gasteiger partial charge on any atom is -0.447 e. The van der Waals surface area contributed by atoms with E-state index in [2.05, 4.69) is 20.5 Å². The Morgan fingerprint density at radius 2 is 1.83 bits per heavy atom. The molecule has 0 spiro atoms. The molecule has 4 aromatic rings. The van der Waals surface area contributed by atoms with E-state index in [-0.39, 0.29) is 41.1 Å². The normalized spacial score (nSPS) is 19.1. The highest BCUT2D eigenvalue weighted by molar-refractivity contribution is 6.32. The van der Waals surface area contributed by atoms with Gasteiger partial charge in [-0.05, 0) is 54.0 Å². The molecule has 282 valence electrons. The summed E-state index contributed by atoms with van der Waals surface area (Å²) in [6.07, 6.45) is -5.94. The van der Waals surface area contributed by atoms with Gasteiger partial charge in [-0.2, -0.15) is 23.4 Å². The van der Waals surface area contributed by atoms with E-state index in [1.165, 1.54) is 30.3 Å². The Morgan fingerprint density at radius 3 is 2.42 bits per heavy atom. The van der Waals surface area contributed by atoms with Gasteiger partial charge in [0.25, 0.3) is 12.3 Å². The van der Waals surface area contributed by atoms with Crippen molar-refractivity contribution in [2.45, 2.75) is 69.8 Å². The Hall–Kier alpha value is -5.13. The number of hydrogen-bond donors (Lipinski definition) is 3. The first-order valence-electron chi connectivity index (χ1n) is 16.2. The van der Waals surface area contributed by atoms with Gasteiger partial charge in [0.05, 0.1) is 22.9 Å². The van der Waals surface area contributed by atoms with Crippen molar-refractivity contribution in [3.8, 4) is 16.8 Å². The molecule has 0 radical (unpaired) electrons. The number of rotatable bonds is 10. The first-order valence-corrected chi connectivity index (χ1v) is 16.6. The van der Waals surface area contributed by atoms with E-state index in [1.807, 2.05) is 5.32 Å². The van der Waals surface area contributed by atoms with Crippen LogP contribution in [-0.2, 0) is 22.1 Å². The highest BCUT2D eigenvalue weighted by Crippen LogP contribution is 2.49. The number of aromatic nitrogens is 5. The summed E-state index contributed by atoms with van der Waals surface area (Å²) in [6.45, 7) is 4.61. The fourth-order valence-electron chi connectivity index (χ4n) is 6.52. The molecule has 2 amide bonds. The number of guanidine groups is 1. The number of aryl methyl sites for hydroxylation is 1. The molecule has 1 saturated heterocycles. The van der Waals surface area contributed by atoms with E-state index in [4.69, 9.17) is 21.7 Å². The van der Waals surface area contributed by atoms with Crippen molar-refractivity contribution in [2.75, 3.05) is 6.61 Å². The van der Waals surface area contributed by atoms with Crippen molar-refractivity contribution in [3.05, 3.63) is 82.9 Å². The monoisotopic (exact) mass is 765 g/mol. The number of amides is 2. The molecule has 3 heterocycles. The molecule has 2 atom stereocenters. The molecule has 53 heavy (non-hydrogen) atoms. The summed E-state index contributed by atoms with van der Waals surface area (Å²) >= 11 is 6.39. The first kappa shape index (κ1) is 37.6. The average Bonchev–Trinajstić information content (AvgIpc) is 3.37. The maximum absolute atomic E-state index is 16.3. The number of nitrogens with zero attached hydrogens (tertiary/aromatic N) is 6. The number of carbonyl (C=O) groups is 2. The van der Waals surface area contributed by atoms with E-state index in [1.54, 1.807) is 51.0 Å². The number of alkyl halides is 5. The zero-order valence-corrected chi connectivity index (χ0v) is 29.5. The lowest BCUT2D eigenvalue weighted by Crippen LogP contribution is -2.49. The number of carbonyl (C=O) groups excluding carboxylic acids is 2. The molecule has 2 aromatic carbocycles. The molecule has 12 nitrogen and oxygen atoms in total. The maximum atomic E-state index is 16.3. The van der Waals surface area contributed by atoms with Crippen LogP contribution < -0.4 is 10.6 Å². The molecule has 3 N–H and O–H groups in total. The van der Waals surface area contributed by atoms with Crippen molar-refractivity contribution in [2.24, 2.45) is 12.5 Å². The van der Waals surface area contributed by atoms with Crippen LogP contribution in [0.2, 0.25) is 5.02 Å². The Bertz CT molecular complexity index is 2070. The largest absolute Gasteiger partial charge is 0.447 e. The molecule has 0 bridgehead atoms. The fourth-order valence-corrected chi connectivity index (χ4v) is 6.72. The predicted octanol–water partition coefficient (Wildman–Crippen LogP) is 6.96. The van der Waals surface area contributed by atoms with Gasteiger partial charge < -0.3 is 15.4 Å². The molecule has 1 aliphatic carbocycles. The minimum atomic E-state index is -4.75. The standard InChI is InChI=1S/C34H34ClF6N9O3/c1-31(2,3)16-33(21-7-5-18(11-23(21)36)20-13-44-48(4)14-20)28(51)49(29(42)46-33)25(15-53-30(52)47-32(9-10-32)34(39,40)41)19-6-8-22(35)24(12-19)50-27(26(37)38)43-17-45-50/h5-8,11-14,17,25-26H,9-10,15-16H2,1-4H3,(H2,42,46)(H,47,52)/t25-,33-/m1/s1. The second kappa shape index (κ2) is 13.4. The van der Waals surface area contributed by atoms with Gasteiger partial charge in [-0.3, -0.25) is 19.8 Å². The van der Waals surface area contributed by atoms with Gasteiger partial charge in [0.2, 0.25) is 0 Å². The van der Waals surface area contributed by atoms with Gasteiger partial charge in [0, 0.05) is 24.4 Å². The van der Waals surface area contributed by atoms with Gasteiger partial charge >= 0.3 is 12.3 Å². The Balaban J connectivity index is 1.43. The first-order chi connectivity index (χ1) is 24.7. The van der Waals surface area contributed by atoms with E-state index in [0.717, 1.165) is 15.9 Å². The molecule has 2 aromatic heterocycles. The summed E-state index contributed by atoms with van der Waals surface area (Å²) in [5, 5.41) is 21.6. The average molecular weight is 766 g/mol. The second-order valence-electron chi connectivity index (χ2n) is 14.2. The Morgan fingerprint density at radius 1 is 1.11 bits per heavy atom. The van der Waals surface area contributed by atoms with Crippen LogP contribution in [0.3, 0.4) is 0 Å². The summed E-state index contributed by atoms with van der Waals surface area (Å²) in [6, 6.07) is 6.70. The van der Waals surface area contributed by atoms with Crippen LogP contribution in [0, 0.1) is 16.6 Å². The summed E-state index contributed by atoms with van der Waals surface area (Å²) in [5.41, 5.74) is -4.11. The van der Waals surface area contributed by atoms with Crippen molar-refractivity contribution in [3.63, 3.8) is 0 Å². The summed E-state index contributed by atoms with van der Waals surface area (Å²) < 4.78 is 92.4. The lowest BCUT2D eigenvalue weighted by Gasteiger charge is -2.35. The number of ether oxygens (including phenoxy) is 1. The number of hydrogen-bond acceptors (Lipinski definition) is 7. The minimum absolute atomic E-state index is 0.0500. The van der Waals surface area contributed by atoms with Crippen molar-refractivity contribution >= 4 is 29.6 Å². The van der Waals surface area contributed by atoms with Gasteiger partial charge in [0.15, 0.2) is 11.8 Å². The van der Waals surface area contributed by atoms with Crippen LogP contribution in [0.15, 0.2) is 55.1 Å². The predicted molar refractivity (Wildman–Crippen MR) is 179 cm³/mol. The van der Waals surface area contributed by atoms with Crippen LogP contribution in [0.25, 0.3) is 16.8 Å². The third-order valence-corrected chi connectivity index (χ3v) is 9.41. The van der Waals surface area contributed by atoms with Crippen LogP contribution in [0.4, 0.5) is 31.1 Å². The van der Waals surface area contributed by atoms with Crippen LogP contribution in [0.1, 0.15) is 69.5 Å². The van der Waals surface area contributed by atoms with E-state index < -0.39 is 71.3 Å². The molecule has 19 heteroatoms. The third-order valence-electron chi connectivity index (χ3n) is 9.09. The van der Waals surface area contributed by atoms with E-state index >= 15 is 4.39 Å². The number of benzene rings is 2. The zero-order valence-electron chi connectivity index (χ0n) is 28.7. The smallest absolute Gasteiger partial charge is 0.411 e. The number of nitrogens with one attached hydrogen (secondary N) is 3. The second-order valence-corrected chi connectivity index (χ2v) is 14.7. The summed E-state index contributed by atoms with van der Waals surface area (Å²) in [5.74, 6) is -2.94. The fraction of sp³-hybridized carbons (Fsp3) is 0.412. The molecule has 0 unspecified atom stereocenters. The van der Waals surface area contributed by atoms with Gasteiger partial charge in [-0.15, -0.1) is 0 Å². The molecule has 1 aliphatic heterocycles.